The SMILES string of the molecule is Cc1cc(NCC2(N(C)C)CCC2)c2cc(N)ccc2n1. The van der Waals surface area contributed by atoms with Gasteiger partial charge in [-0.05, 0) is 64.5 Å². The van der Waals surface area contributed by atoms with E-state index in [-0.39, 0.29) is 0 Å². The van der Waals surface area contributed by atoms with Crippen LogP contribution in [0.3, 0.4) is 0 Å². The Hall–Kier alpha value is -1.81. The highest BCUT2D eigenvalue weighted by Crippen LogP contribution is 2.37. The van der Waals surface area contributed by atoms with Crippen LogP contribution in [-0.2, 0) is 0 Å². The number of aromatic nitrogens is 1. The molecule has 0 bridgehead atoms. The Morgan fingerprint density at radius 3 is 2.67 bits per heavy atom. The van der Waals surface area contributed by atoms with E-state index in [2.05, 4.69) is 35.4 Å². The lowest BCUT2D eigenvalue weighted by Crippen LogP contribution is -2.54. The number of nitrogens with one attached hydrogen (secondary N) is 1. The molecule has 1 saturated carbocycles. The number of likely N-dealkylation sites (N-methyl/N-ethyl adjacent to an activating group) is 1. The van der Waals surface area contributed by atoms with Crippen molar-refractivity contribution < 1.29 is 0 Å². The normalized spacial score (nSPS) is 17.0. The lowest BCUT2D eigenvalue weighted by Gasteiger charge is -2.47. The maximum atomic E-state index is 5.93. The largest absolute Gasteiger partial charge is 0.399 e. The molecule has 112 valence electrons. The maximum Gasteiger partial charge on any atom is 0.0727 e. The van der Waals surface area contributed by atoms with Gasteiger partial charge in [0.15, 0.2) is 0 Å². The molecule has 1 aliphatic carbocycles. The fraction of sp³-hybridized carbons (Fsp3) is 0.471. The van der Waals surface area contributed by atoms with Gasteiger partial charge >= 0.3 is 0 Å². The van der Waals surface area contributed by atoms with Crippen molar-refractivity contribution in [2.45, 2.75) is 31.7 Å². The molecule has 1 heterocycles. The molecule has 0 amide bonds. The molecule has 1 aromatic heterocycles. The van der Waals surface area contributed by atoms with Gasteiger partial charge in [-0.1, -0.05) is 0 Å². The third kappa shape index (κ3) is 2.56. The first-order valence-corrected chi connectivity index (χ1v) is 7.58. The monoisotopic (exact) mass is 284 g/mol. The van der Waals surface area contributed by atoms with Crippen LogP contribution < -0.4 is 11.1 Å². The van der Waals surface area contributed by atoms with Crippen LogP contribution in [0.25, 0.3) is 10.9 Å². The van der Waals surface area contributed by atoms with Gasteiger partial charge < -0.3 is 16.0 Å². The van der Waals surface area contributed by atoms with Crippen LogP contribution in [0.1, 0.15) is 25.0 Å². The summed E-state index contributed by atoms with van der Waals surface area (Å²) in [4.78, 5) is 6.94. The second-order valence-electron chi connectivity index (χ2n) is 6.41. The van der Waals surface area contributed by atoms with Gasteiger partial charge in [0.1, 0.15) is 0 Å². The Kier molecular flexibility index (Phi) is 3.49. The quantitative estimate of drug-likeness (QED) is 0.847. The van der Waals surface area contributed by atoms with Crippen LogP contribution in [0.4, 0.5) is 11.4 Å². The Morgan fingerprint density at radius 2 is 2.05 bits per heavy atom. The van der Waals surface area contributed by atoms with Crippen LogP contribution in [0.5, 0.6) is 0 Å². The molecular weight excluding hydrogens is 260 g/mol. The highest BCUT2D eigenvalue weighted by molar-refractivity contribution is 5.93. The molecule has 4 nitrogen and oxygen atoms in total. The highest BCUT2D eigenvalue weighted by atomic mass is 15.2. The highest BCUT2D eigenvalue weighted by Gasteiger charge is 2.38. The van der Waals surface area contributed by atoms with Crippen LogP contribution >= 0.6 is 0 Å². The molecule has 1 fully saturated rings. The lowest BCUT2D eigenvalue weighted by atomic mass is 9.75. The number of anilines is 2. The number of nitrogens with zero attached hydrogens (tertiary/aromatic N) is 2. The van der Waals surface area contributed by atoms with Crippen molar-refractivity contribution in [3.8, 4) is 0 Å². The number of aryl methyl sites for hydroxylation is 1. The Morgan fingerprint density at radius 1 is 1.29 bits per heavy atom. The molecule has 0 atom stereocenters. The molecule has 1 aliphatic rings. The van der Waals surface area contributed by atoms with Crippen LogP contribution in [-0.4, -0.2) is 36.1 Å². The van der Waals surface area contributed by atoms with Crippen molar-refractivity contribution in [1.29, 1.82) is 0 Å². The second-order valence-corrected chi connectivity index (χ2v) is 6.41. The van der Waals surface area contributed by atoms with Crippen molar-refractivity contribution in [2.24, 2.45) is 0 Å². The van der Waals surface area contributed by atoms with Gasteiger partial charge in [-0.2, -0.15) is 0 Å². The summed E-state index contributed by atoms with van der Waals surface area (Å²) >= 11 is 0. The summed E-state index contributed by atoms with van der Waals surface area (Å²) in [5.74, 6) is 0. The van der Waals surface area contributed by atoms with E-state index in [1.807, 2.05) is 25.1 Å². The van der Waals surface area contributed by atoms with Crippen LogP contribution in [0.15, 0.2) is 24.3 Å². The lowest BCUT2D eigenvalue weighted by molar-refractivity contribution is 0.0739. The van der Waals surface area contributed by atoms with E-state index in [0.717, 1.165) is 34.5 Å². The summed E-state index contributed by atoms with van der Waals surface area (Å²) in [6.45, 7) is 3.00. The number of nitrogens with two attached hydrogens (primary N) is 1. The fourth-order valence-electron chi connectivity index (χ4n) is 3.15. The summed E-state index contributed by atoms with van der Waals surface area (Å²) in [6, 6.07) is 8.02. The van der Waals surface area contributed by atoms with Gasteiger partial charge in [-0.25, -0.2) is 0 Å². The summed E-state index contributed by atoms with van der Waals surface area (Å²) < 4.78 is 0. The molecule has 0 unspecified atom stereocenters. The summed E-state index contributed by atoms with van der Waals surface area (Å²) in [7, 11) is 4.35. The molecule has 21 heavy (non-hydrogen) atoms. The number of hydrogen-bond acceptors (Lipinski definition) is 4. The first kappa shape index (κ1) is 14.1. The third-order valence-corrected chi connectivity index (χ3v) is 4.80. The van der Waals surface area contributed by atoms with E-state index in [4.69, 9.17) is 5.73 Å². The van der Waals surface area contributed by atoms with E-state index < -0.39 is 0 Å². The van der Waals surface area contributed by atoms with Crippen molar-refractivity contribution in [2.75, 3.05) is 31.7 Å². The second kappa shape index (κ2) is 5.19. The number of nitrogen functional groups attached to an aromatic ring is 1. The van der Waals surface area contributed by atoms with Crippen molar-refractivity contribution >= 4 is 22.3 Å². The summed E-state index contributed by atoms with van der Waals surface area (Å²) in [5.41, 5.74) is 10.2. The first-order chi connectivity index (χ1) is 10.00. The van der Waals surface area contributed by atoms with Crippen molar-refractivity contribution in [3.05, 3.63) is 30.0 Å². The molecule has 0 saturated heterocycles. The Bertz CT molecular complexity index is 659. The van der Waals surface area contributed by atoms with E-state index in [1.54, 1.807) is 0 Å². The molecule has 0 radical (unpaired) electrons. The number of benzene rings is 1. The van der Waals surface area contributed by atoms with Crippen LogP contribution in [0, 0.1) is 6.92 Å². The fourth-order valence-corrected chi connectivity index (χ4v) is 3.15. The zero-order valence-corrected chi connectivity index (χ0v) is 13.1. The van der Waals surface area contributed by atoms with Gasteiger partial charge in [0, 0.05) is 34.5 Å². The average molecular weight is 284 g/mol. The number of rotatable bonds is 4. The minimum absolute atomic E-state index is 0.295. The van der Waals surface area contributed by atoms with Crippen molar-refractivity contribution in [1.82, 2.24) is 9.88 Å². The minimum Gasteiger partial charge on any atom is -0.399 e. The topological polar surface area (TPSA) is 54.2 Å². The van der Waals surface area contributed by atoms with Gasteiger partial charge in [-0.15, -0.1) is 0 Å². The van der Waals surface area contributed by atoms with E-state index in [1.165, 1.54) is 19.3 Å². The molecule has 3 rings (SSSR count). The minimum atomic E-state index is 0.295. The predicted molar refractivity (Wildman–Crippen MR) is 89.7 cm³/mol. The van der Waals surface area contributed by atoms with Gasteiger partial charge in [0.05, 0.1) is 5.52 Å². The zero-order valence-electron chi connectivity index (χ0n) is 13.1. The molecule has 2 aromatic rings. The molecule has 3 N–H and O–H groups in total. The third-order valence-electron chi connectivity index (χ3n) is 4.80. The number of fused-ring (bicyclic) bond motifs is 1. The average Bonchev–Trinajstić information content (AvgIpc) is 2.37. The number of hydrogen-bond donors (Lipinski definition) is 2. The van der Waals surface area contributed by atoms with E-state index in [9.17, 15) is 0 Å². The molecule has 4 heteroatoms. The smallest absolute Gasteiger partial charge is 0.0727 e. The van der Waals surface area contributed by atoms with Gasteiger partial charge in [0.2, 0.25) is 0 Å². The van der Waals surface area contributed by atoms with E-state index >= 15 is 0 Å². The molecule has 0 spiro atoms. The maximum absolute atomic E-state index is 5.93. The summed E-state index contributed by atoms with van der Waals surface area (Å²) in [5, 5.41) is 4.75. The number of pyridine rings is 1. The first-order valence-electron chi connectivity index (χ1n) is 7.58. The van der Waals surface area contributed by atoms with Crippen LogP contribution in [0.2, 0.25) is 0 Å². The van der Waals surface area contributed by atoms with E-state index in [0.29, 0.717) is 5.54 Å². The van der Waals surface area contributed by atoms with Crippen molar-refractivity contribution in [3.63, 3.8) is 0 Å². The molecule has 0 aliphatic heterocycles. The van der Waals surface area contributed by atoms with Gasteiger partial charge in [-0.3, -0.25) is 4.98 Å². The zero-order chi connectivity index (χ0) is 15.0. The standard InChI is InChI=1S/C17H24N4/c1-12-9-16(14-10-13(18)5-6-15(14)20-12)19-11-17(21(2)3)7-4-8-17/h5-6,9-10H,4,7-8,11,18H2,1-3H3,(H,19,20). The molecule has 1 aromatic carbocycles. The molecular formula is C17H24N4. The van der Waals surface area contributed by atoms with Gasteiger partial charge in [0.25, 0.3) is 0 Å². The predicted octanol–water partition coefficient (Wildman–Crippen LogP) is 3.02. The Balaban J connectivity index is 1.91. The Labute approximate surface area is 126 Å². The summed E-state index contributed by atoms with van der Waals surface area (Å²) in [6.07, 6.45) is 3.84.